The van der Waals surface area contributed by atoms with Crippen molar-refractivity contribution >= 4 is 36.1 Å². The molecule has 6 nitrogen and oxygen atoms in total. The zero-order valence-electron chi connectivity index (χ0n) is 17.8. The Morgan fingerprint density at radius 2 is 1.60 bits per heavy atom. The van der Waals surface area contributed by atoms with Crippen LogP contribution in [0.2, 0.25) is 6.04 Å². The number of fused-ring (bicyclic) bond motifs is 2. The van der Waals surface area contributed by atoms with E-state index in [1.807, 2.05) is 57.2 Å². The highest BCUT2D eigenvalue weighted by atomic mass is 32.2. The molecule has 3 rings (SSSR count). The molecule has 30 heavy (non-hydrogen) atoms. The first-order chi connectivity index (χ1) is 14.5. The second kappa shape index (κ2) is 10.7. The fourth-order valence-electron chi connectivity index (χ4n) is 3.59. The highest BCUT2D eigenvalue weighted by molar-refractivity contribution is 7.85. The van der Waals surface area contributed by atoms with Crippen molar-refractivity contribution in [2.45, 2.75) is 43.6 Å². The van der Waals surface area contributed by atoms with Gasteiger partial charge in [0.2, 0.25) is 0 Å². The molecule has 0 fully saturated rings. The molecule has 0 aliphatic carbocycles. The lowest BCUT2D eigenvalue weighted by Crippen LogP contribution is -2.46. The summed E-state index contributed by atoms with van der Waals surface area (Å²) >= 11 is 0. The highest BCUT2D eigenvalue weighted by Gasteiger charge is 2.39. The summed E-state index contributed by atoms with van der Waals surface area (Å²) in [6.45, 7) is 7.84. The van der Waals surface area contributed by atoms with Gasteiger partial charge >= 0.3 is 8.80 Å². The zero-order valence-corrected chi connectivity index (χ0v) is 19.6. The van der Waals surface area contributed by atoms with Crippen LogP contribution in [-0.2, 0) is 28.8 Å². The molecule has 0 radical (unpaired) electrons. The van der Waals surface area contributed by atoms with E-state index in [9.17, 15) is 9.32 Å². The lowest BCUT2D eigenvalue weighted by atomic mass is 10.1. The molecule has 0 aromatic heterocycles. The number of aliphatic hydroxyl groups is 1. The minimum Gasteiger partial charge on any atom is -0.493 e. The van der Waals surface area contributed by atoms with Gasteiger partial charge in [-0.3, -0.25) is 4.21 Å². The number of aliphatic hydroxyl groups excluding tert-OH is 1. The summed E-state index contributed by atoms with van der Waals surface area (Å²) in [6, 6.07) is 12.4. The van der Waals surface area contributed by atoms with Crippen molar-refractivity contribution in [2.24, 2.45) is 0 Å². The van der Waals surface area contributed by atoms with E-state index in [1.54, 1.807) is 0 Å². The minimum absolute atomic E-state index is 0.416. The van der Waals surface area contributed by atoms with Gasteiger partial charge in [-0.25, -0.2) is 0 Å². The first-order valence-corrected chi connectivity index (χ1v) is 13.6. The fourth-order valence-corrected chi connectivity index (χ4v) is 7.29. The zero-order chi connectivity index (χ0) is 21.6. The average molecular weight is 451 g/mol. The molecule has 0 spiro atoms. The second-order valence-electron chi connectivity index (χ2n) is 6.85. The third kappa shape index (κ3) is 5.19. The molecule has 2 atom stereocenters. The van der Waals surface area contributed by atoms with Crippen molar-refractivity contribution in [3.8, 4) is 0 Å². The van der Waals surface area contributed by atoms with Crippen LogP contribution in [0.15, 0.2) is 47.4 Å². The maximum atomic E-state index is 12.6. The third-order valence-electron chi connectivity index (χ3n) is 4.82. The molecule has 1 N–H and O–H groups in total. The summed E-state index contributed by atoms with van der Waals surface area (Å²) < 4.78 is 36.3. The molecule has 8 heteroatoms. The van der Waals surface area contributed by atoms with Crippen LogP contribution in [0.3, 0.4) is 0 Å². The first-order valence-electron chi connectivity index (χ1n) is 10.4. The molecule has 0 amide bonds. The maximum Gasteiger partial charge on any atom is 0.501 e. The smallest absolute Gasteiger partial charge is 0.493 e. The van der Waals surface area contributed by atoms with Gasteiger partial charge in [-0.1, -0.05) is 24.3 Å². The summed E-state index contributed by atoms with van der Waals surface area (Å²) in [6.07, 6.45) is 2.22. The van der Waals surface area contributed by atoms with Gasteiger partial charge in [0.05, 0.1) is 22.3 Å². The van der Waals surface area contributed by atoms with Crippen molar-refractivity contribution in [3.63, 3.8) is 0 Å². The molecular weight excluding hydrogens is 420 g/mol. The molecular formula is C22H30O6SSi. The molecule has 2 unspecified atom stereocenters. The van der Waals surface area contributed by atoms with Crippen LogP contribution in [0.1, 0.15) is 32.8 Å². The topological polar surface area (TPSA) is 74.2 Å². The quantitative estimate of drug-likeness (QED) is 0.411. The SMILES string of the molecule is CCO[Si](CCCOC1=CC(O)S(=O)c2cc3ccccc3cc21)(OCC)OCC. The van der Waals surface area contributed by atoms with Crippen LogP contribution in [0.5, 0.6) is 0 Å². The van der Waals surface area contributed by atoms with Crippen molar-refractivity contribution in [1.82, 2.24) is 0 Å². The number of rotatable bonds is 11. The van der Waals surface area contributed by atoms with Gasteiger partial charge in [-0.05, 0) is 56.2 Å². The van der Waals surface area contributed by atoms with E-state index in [1.165, 1.54) is 6.08 Å². The highest BCUT2D eigenvalue weighted by Crippen LogP contribution is 2.34. The molecule has 0 saturated heterocycles. The van der Waals surface area contributed by atoms with Crippen LogP contribution in [0.4, 0.5) is 0 Å². The summed E-state index contributed by atoms with van der Waals surface area (Å²) in [4.78, 5) is 0.598. The Kier molecular flexibility index (Phi) is 8.21. The molecule has 1 aliphatic rings. The van der Waals surface area contributed by atoms with Crippen molar-refractivity contribution in [1.29, 1.82) is 0 Å². The van der Waals surface area contributed by atoms with Crippen LogP contribution in [0, 0.1) is 0 Å². The van der Waals surface area contributed by atoms with Crippen LogP contribution in [-0.4, -0.2) is 50.0 Å². The second-order valence-corrected chi connectivity index (χ2v) is 11.1. The molecule has 2 aromatic rings. The van der Waals surface area contributed by atoms with E-state index in [4.69, 9.17) is 18.0 Å². The standard InChI is InChI=1S/C22H30O6SSi/c1-4-26-30(27-5-2,28-6-3)13-9-12-25-20-16-22(23)29(24)21-15-18-11-8-7-10-17(18)14-19(20)21/h7-8,10-11,14-16,22-23H,4-6,9,12-13H2,1-3H3. The molecule has 1 heterocycles. The third-order valence-corrected chi connectivity index (χ3v) is 9.32. The molecule has 1 aliphatic heterocycles. The average Bonchev–Trinajstić information content (AvgIpc) is 2.74. The summed E-state index contributed by atoms with van der Waals surface area (Å²) in [5.41, 5.74) is -0.322. The summed E-state index contributed by atoms with van der Waals surface area (Å²) in [5.74, 6) is 0.555. The van der Waals surface area contributed by atoms with Crippen molar-refractivity contribution in [2.75, 3.05) is 26.4 Å². The minimum atomic E-state index is -2.71. The van der Waals surface area contributed by atoms with Crippen LogP contribution < -0.4 is 0 Å². The fraction of sp³-hybridized carbons (Fsp3) is 0.455. The van der Waals surface area contributed by atoms with Gasteiger partial charge in [0, 0.05) is 31.4 Å². The molecule has 0 saturated carbocycles. The Bertz CT molecular complexity index is 899. The number of hydrogen-bond donors (Lipinski definition) is 1. The van der Waals surface area contributed by atoms with Gasteiger partial charge in [-0.15, -0.1) is 0 Å². The van der Waals surface area contributed by atoms with E-state index < -0.39 is 25.0 Å². The summed E-state index contributed by atoms with van der Waals surface area (Å²) in [7, 11) is -4.23. The Hall–Kier alpha value is -1.55. The number of ether oxygens (including phenoxy) is 1. The van der Waals surface area contributed by atoms with Gasteiger partial charge in [0.25, 0.3) is 0 Å². The van der Waals surface area contributed by atoms with Gasteiger partial charge in [0.15, 0.2) is 5.44 Å². The van der Waals surface area contributed by atoms with E-state index in [2.05, 4.69) is 0 Å². The molecule has 0 bridgehead atoms. The first kappa shape index (κ1) is 23.1. The van der Waals surface area contributed by atoms with Gasteiger partial charge in [-0.2, -0.15) is 0 Å². The van der Waals surface area contributed by atoms with E-state index in [0.29, 0.717) is 49.5 Å². The number of hydrogen-bond acceptors (Lipinski definition) is 6. The van der Waals surface area contributed by atoms with Gasteiger partial charge in [0.1, 0.15) is 5.76 Å². The predicted molar refractivity (Wildman–Crippen MR) is 120 cm³/mol. The normalized spacial score (nSPS) is 18.9. The Balaban J connectivity index is 1.73. The molecule has 2 aromatic carbocycles. The van der Waals surface area contributed by atoms with E-state index in [-0.39, 0.29) is 0 Å². The Morgan fingerprint density at radius 1 is 1.00 bits per heavy atom. The maximum absolute atomic E-state index is 12.6. The largest absolute Gasteiger partial charge is 0.501 e. The van der Waals surface area contributed by atoms with E-state index >= 15 is 0 Å². The lowest BCUT2D eigenvalue weighted by molar-refractivity contribution is 0.0692. The van der Waals surface area contributed by atoms with Crippen LogP contribution in [0.25, 0.3) is 16.5 Å². The number of benzene rings is 2. The molecule has 164 valence electrons. The van der Waals surface area contributed by atoms with Crippen molar-refractivity contribution < 1.29 is 27.3 Å². The van der Waals surface area contributed by atoms with Gasteiger partial charge < -0.3 is 23.1 Å². The summed E-state index contributed by atoms with van der Waals surface area (Å²) in [5, 5.41) is 12.3. The van der Waals surface area contributed by atoms with Crippen LogP contribution >= 0.6 is 0 Å². The Labute approximate surface area is 181 Å². The lowest BCUT2D eigenvalue weighted by Gasteiger charge is -2.28. The Morgan fingerprint density at radius 3 is 2.20 bits per heavy atom. The monoisotopic (exact) mass is 450 g/mol. The predicted octanol–water partition coefficient (Wildman–Crippen LogP) is 4.08. The van der Waals surface area contributed by atoms with Crippen molar-refractivity contribution in [3.05, 3.63) is 48.0 Å². The van der Waals surface area contributed by atoms with E-state index in [0.717, 1.165) is 16.3 Å².